The van der Waals surface area contributed by atoms with E-state index in [4.69, 9.17) is 9.47 Å². The van der Waals surface area contributed by atoms with Crippen molar-refractivity contribution in [2.75, 3.05) is 40.9 Å². The molecule has 2 aromatic rings. The summed E-state index contributed by atoms with van der Waals surface area (Å²) >= 11 is 0. The summed E-state index contributed by atoms with van der Waals surface area (Å²) in [6.07, 6.45) is 0. The van der Waals surface area contributed by atoms with Crippen LogP contribution in [0.3, 0.4) is 0 Å². The van der Waals surface area contributed by atoms with E-state index in [1.165, 1.54) is 13.2 Å². The van der Waals surface area contributed by atoms with Gasteiger partial charge in [-0.15, -0.1) is 0 Å². The van der Waals surface area contributed by atoms with Gasteiger partial charge in [0.2, 0.25) is 0 Å². The SMILES string of the molecule is COc1ccc(C(=O)N2CCN(C)C(c3ccccc3F)C2)cc1OC. The molecule has 138 valence electrons. The smallest absolute Gasteiger partial charge is 0.254 e. The van der Waals surface area contributed by atoms with Gasteiger partial charge < -0.3 is 14.4 Å². The molecule has 1 unspecified atom stereocenters. The maximum Gasteiger partial charge on any atom is 0.254 e. The number of methoxy groups -OCH3 is 2. The van der Waals surface area contributed by atoms with E-state index < -0.39 is 0 Å². The van der Waals surface area contributed by atoms with Gasteiger partial charge in [-0.25, -0.2) is 4.39 Å². The Kier molecular flexibility index (Phi) is 5.42. The highest BCUT2D eigenvalue weighted by molar-refractivity contribution is 5.95. The third-order valence-electron chi connectivity index (χ3n) is 4.83. The molecule has 0 aliphatic carbocycles. The number of amides is 1. The number of carbonyl (C=O) groups excluding carboxylic acids is 1. The molecule has 26 heavy (non-hydrogen) atoms. The van der Waals surface area contributed by atoms with Gasteiger partial charge in [0.15, 0.2) is 11.5 Å². The molecule has 3 rings (SSSR count). The van der Waals surface area contributed by atoms with Crippen molar-refractivity contribution in [3.8, 4) is 11.5 Å². The first-order valence-electron chi connectivity index (χ1n) is 8.51. The van der Waals surface area contributed by atoms with E-state index >= 15 is 0 Å². The van der Waals surface area contributed by atoms with Crippen molar-refractivity contribution in [1.82, 2.24) is 9.80 Å². The summed E-state index contributed by atoms with van der Waals surface area (Å²) in [6, 6.07) is 11.7. The van der Waals surface area contributed by atoms with Crippen LogP contribution < -0.4 is 9.47 Å². The minimum absolute atomic E-state index is 0.0969. The topological polar surface area (TPSA) is 42.0 Å². The second kappa shape index (κ2) is 7.74. The number of rotatable bonds is 4. The van der Waals surface area contributed by atoms with Gasteiger partial charge in [-0.05, 0) is 31.3 Å². The Morgan fingerprint density at radius 2 is 1.81 bits per heavy atom. The third-order valence-corrected chi connectivity index (χ3v) is 4.83. The normalized spacial score (nSPS) is 17.8. The fourth-order valence-electron chi connectivity index (χ4n) is 3.29. The highest BCUT2D eigenvalue weighted by atomic mass is 19.1. The van der Waals surface area contributed by atoms with Crippen molar-refractivity contribution in [3.05, 3.63) is 59.4 Å². The summed E-state index contributed by atoms with van der Waals surface area (Å²) < 4.78 is 24.7. The lowest BCUT2D eigenvalue weighted by molar-refractivity contribution is 0.0540. The molecule has 1 heterocycles. The van der Waals surface area contributed by atoms with Crippen LogP contribution in [-0.2, 0) is 0 Å². The van der Waals surface area contributed by atoms with E-state index in [1.54, 1.807) is 42.3 Å². The van der Waals surface area contributed by atoms with E-state index in [-0.39, 0.29) is 17.8 Å². The molecule has 0 radical (unpaired) electrons. The average molecular weight is 358 g/mol. The van der Waals surface area contributed by atoms with Crippen LogP contribution in [0.15, 0.2) is 42.5 Å². The van der Waals surface area contributed by atoms with Crippen LogP contribution in [0, 0.1) is 5.82 Å². The van der Waals surface area contributed by atoms with E-state index in [0.29, 0.717) is 42.3 Å². The van der Waals surface area contributed by atoms with E-state index in [9.17, 15) is 9.18 Å². The predicted octanol–water partition coefficient (Wildman–Crippen LogP) is 2.97. The quantitative estimate of drug-likeness (QED) is 0.843. The van der Waals surface area contributed by atoms with Crippen LogP contribution in [0.1, 0.15) is 22.0 Å². The zero-order valence-electron chi connectivity index (χ0n) is 15.2. The van der Waals surface area contributed by atoms with Gasteiger partial charge in [0, 0.05) is 30.8 Å². The molecule has 0 N–H and O–H groups in total. The van der Waals surface area contributed by atoms with Crippen LogP contribution in [0.2, 0.25) is 0 Å². The molecule has 0 saturated carbocycles. The number of ether oxygens (including phenoxy) is 2. The Morgan fingerprint density at radius 1 is 1.08 bits per heavy atom. The number of carbonyl (C=O) groups is 1. The minimum Gasteiger partial charge on any atom is -0.493 e. The molecule has 0 bridgehead atoms. The van der Waals surface area contributed by atoms with E-state index in [2.05, 4.69) is 4.90 Å². The Hall–Kier alpha value is -2.60. The highest BCUT2D eigenvalue weighted by Gasteiger charge is 2.30. The molecule has 1 aliphatic heterocycles. The number of halogens is 1. The lowest BCUT2D eigenvalue weighted by Crippen LogP contribution is -2.49. The first kappa shape index (κ1) is 18.2. The molecule has 5 nitrogen and oxygen atoms in total. The summed E-state index contributed by atoms with van der Waals surface area (Å²) in [7, 11) is 5.05. The van der Waals surface area contributed by atoms with Gasteiger partial charge in [0.1, 0.15) is 5.82 Å². The van der Waals surface area contributed by atoms with Crippen LogP contribution in [-0.4, -0.2) is 56.6 Å². The number of piperazine rings is 1. The lowest BCUT2D eigenvalue weighted by atomic mass is 10.0. The maximum absolute atomic E-state index is 14.2. The van der Waals surface area contributed by atoms with Gasteiger partial charge in [-0.3, -0.25) is 9.69 Å². The predicted molar refractivity (Wildman–Crippen MR) is 97.2 cm³/mol. The minimum atomic E-state index is -0.246. The highest BCUT2D eigenvalue weighted by Crippen LogP contribution is 2.30. The van der Waals surface area contributed by atoms with Crippen molar-refractivity contribution >= 4 is 5.91 Å². The molecule has 0 spiro atoms. The van der Waals surface area contributed by atoms with Crippen molar-refractivity contribution in [1.29, 1.82) is 0 Å². The van der Waals surface area contributed by atoms with Gasteiger partial charge in [0.05, 0.1) is 20.3 Å². The molecular formula is C20H23FN2O3. The van der Waals surface area contributed by atoms with Crippen molar-refractivity contribution in [2.45, 2.75) is 6.04 Å². The van der Waals surface area contributed by atoms with Gasteiger partial charge in [0.25, 0.3) is 5.91 Å². The maximum atomic E-state index is 14.2. The largest absolute Gasteiger partial charge is 0.493 e. The Morgan fingerprint density at radius 3 is 2.50 bits per heavy atom. The number of benzene rings is 2. The molecule has 2 aromatic carbocycles. The van der Waals surface area contributed by atoms with Crippen LogP contribution in [0.25, 0.3) is 0 Å². The van der Waals surface area contributed by atoms with Crippen LogP contribution >= 0.6 is 0 Å². The molecule has 1 amide bonds. The monoisotopic (exact) mass is 358 g/mol. The zero-order valence-corrected chi connectivity index (χ0v) is 15.2. The molecule has 6 heteroatoms. The molecule has 1 fully saturated rings. The van der Waals surface area contributed by atoms with Gasteiger partial charge in [-0.2, -0.15) is 0 Å². The lowest BCUT2D eigenvalue weighted by Gasteiger charge is -2.39. The van der Waals surface area contributed by atoms with Crippen LogP contribution in [0.5, 0.6) is 11.5 Å². The molecule has 1 saturated heterocycles. The number of likely N-dealkylation sites (N-methyl/N-ethyl adjacent to an activating group) is 1. The summed E-state index contributed by atoms with van der Waals surface area (Å²) in [5, 5.41) is 0. The van der Waals surface area contributed by atoms with Crippen molar-refractivity contribution in [3.63, 3.8) is 0 Å². The Labute approximate surface area is 152 Å². The number of hydrogen-bond acceptors (Lipinski definition) is 4. The van der Waals surface area contributed by atoms with Gasteiger partial charge >= 0.3 is 0 Å². The molecule has 1 atom stereocenters. The van der Waals surface area contributed by atoms with E-state index in [1.807, 2.05) is 13.1 Å². The summed E-state index contributed by atoms with van der Waals surface area (Å²) in [5.74, 6) is 0.745. The zero-order chi connectivity index (χ0) is 18.7. The average Bonchev–Trinajstić information content (AvgIpc) is 2.68. The first-order valence-corrected chi connectivity index (χ1v) is 8.51. The van der Waals surface area contributed by atoms with Crippen molar-refractivity contribution < 1.29 is 18.7 Å². The fourth-order valence-corrected chi connectivity index (χ4v) is 3.29. The second-order valence-electron chi connectivity index (χ2n) is 6.34. The Balaban J connectivity index is 1.83. The standard InChI is InChI=1S/C20H23FN2O3/c1-22-10-11-23(13-17(22)15-6-4-5-7-16(15)21)20(24)14-8-9-18(25-2)19(12-14)26-3/h4-9,12,17H,10-11,13H2,1-3H3. The van der Waals surface area contributed by atoms with Gasteiger partial charge in [-0.1, -0.05) is 18.2 Å². The summed E-state index contributed by atoms with van der Waals surface area (Å²) in [6.45, 7) is 1.71. The summed E-state index contributed by atoms with van der Waals surface area (Å²) in [5.41, 5.74) is 1.14. The number of nitrogens with zero attached hydrogens (tertiary/aromatic N) is 2. The number of hydrogen-bond donors (Lipinski definition) is 0. The Bertz CT molecular complexity index is 796. The molecule has 0 aromatic heterocycles. The second-order valence-corrected chi connectivity index (χ2v) is 6.34. The van der Waals surface area contributed by atoms with Crippen molar-refractivity contribution in [2.24, 2.45) is 0 Å². The molecule has 1 aliphatic rings. The van der Waals surface area contributed by atoms with E-state index in [0.717, 1.165) is 0 Å². The fraction of sp³-hybridized carbons (Fsp3) is 0.350. The molecular weight excluding hydrogens is 335 g/mol. The third kappa shape index (κ3) is 3.51. The first-order chi connectivity index (χ1) is 12.5. The van der Waals surface area contributed by atoms with Crippen LogP contribution in [0.4, 0.5) is 4.39 Å². The summed E-state index contributed by atoms with van der Waals surface area (Å²) in [4.78, 5) is 16.8.